The minimum absolute atomic E-state index is 0.271. The summed E-state index contributed by atoms with van der Waals surface area (Å²) in [6.07, 6.45) is 2.22. The summed E-state index contributed by atoms with van der Waals surface area (Å²) in [4.78, 5) is 27.2. The first-order valence-electron chi connectivity index (χ1n) is 9.75. The molecule has 34 heavy (non-hydrogen) atoms. The zero-order chi connectivity index (χ0) is 24.9. The Balaban J connectivity index is 0.000000406. The van der Waals surface area contributed by atoms with E-state index in [0.717, 1.165) is 33.8 Å². The van der Waals surface area contributed by atoms with Gasteiger partial charge in [-0.05, 0) is 18.2 Å². The number of hydrogen-bond donors (Lipinski definition) is 2. The zero-order valence-corrected chi connectivity index (χ0v) is 18.0. The Morgan fingerprint density at radius 2 is 2.03 bits per heavy atom. The van der Waals surface area contributed by atoms with Gasteiger partial charge in [0, 0.05) is 37.4 Å². The van der Waals surface area contributed by atoms with Crippen molar-refractivity contribution in [3.05, 3.63) is 54.9 Å². The van der Waals surface area contributed by atoms with Crippen LogP contribution in [0.5, 0.6) is 0 Å². The topological polar surface area (TPSA) is 137 Å². The molecule has 176 valence electrons. The van der Waals surface area contributed by atoms with Crippen LogP contribution in [0.4, 0.5) is 19.0 Å². The first kappa shape index (κ1) is 24.2. The summed E-state index contributed by atoms with van der Waals surface area (Å²) in [6.45, 7) is 0. The lowest BCUT2D eigenvalue weighted by molar-refractivity contribution is -0.192. The molecule has 0 amide bonds. The molecule has 4 aromatic heterocycles. The summed E-state index contributed by atoms with van der Waals surface area (Å²) in [5.74, 6) is -1.92. The highest BCUT2D eigenvalue weighted by Gasteiger charge is 2.38. The predicted octanol–water partition coefficient (Wildman–Crippen LogP) is 3.42. The quantitative estimate of drug-likeness (QED) is 0.451. The number of hydrogen-bond acceptors (Lipinski definition) is 7. The third-order valence-corrected chi connectivity index (χ3v) is 4.63. The molecule has 1 atom stereocenters. The molecule has 0 spiro atoms. The molecule has 0 aliphatic carbocycles. The van der Waals surface area contributed by atoms with Gasteiger partial charge in [-0.3, -0.25) is 4.68 Å². The third kappa shape index (κ3) is 5.47. The van der Waals surface area contributed by atoms with E-state index in [1.807, 2.05) is 55.7 Å². The van der Waals surface area contributed by atoms with Crippen LogP contribution in [0.3, 0.4) is 0 Å². The highest BCUT2D eigenvalue weighted by atomic mass is 19.4. The lowest BCUT2D eigenvalue weighted by atomic mass is 10.1. The van der Waals surface area contributed by atoms with Gasteiger partial charge in [0.25, 0.3) is 0 Å². The van der Waals surface area contributed by atoms with Crippen LogP contribution in [0.25, 0.3) is 22.3 Å². The lowest BCUT2D eigenvalue weighted by Crippen LogP contribution is -2.21. The minimum Gasteiger partial charge on any atom is -0.475 e. The normalized spacial score (nSPS) is 11.9. The summed E-state index contributed by atoms with van der Waals surface area (Å²) in [6, 6.07) is 9.72. The van der Waals surface area contributed by atoms with Crippen LogP contribution in [0.1, 0.15) is 18.2 Å². The standard InChI is InChI=1S/C19H18N8.C2HF3O2/c1-26(2)17-5-3-4-15(25-17)16(6-8-20)27-11-13(10-24-27)18-14-7-9-21-19(14)23-12-22-18;3-2(4,5)1(6)7/h3-5,7,9-12,16H,6H2,1-2H3,(H,21,22,23);(H,6,7). The van der Waals surface area contributed by atoms with Gasteiger partial charge in [-0.25, -0.2) is 19.7 Å². The van der Waals surface area contributed by atoms with Crippen molar-refractivity contribution in [3.63, 3.8) is 0 Å². The van der Waals surface area contributed by atoms with Crippen LogP contribution in [-0.2, 0) is 4.79 Å². The van der Waals surface area contributed by atoms with Crippen LogP contribution >= 0.6 is 0 Å². The number of halogens is 3. The van der Waals surface area contributed by atoms with E-state index in [-0.39, 0.29) is 12.5 Å². The maximum Gasteiger partial charge on any atom is 0.490 e. The first-order valence-corrected chi connectivity index (χ1v) is 9.75. The second-order valence-electron chi connectivity index (χ2n) is 7.17. The van der Waals surface area contributed by atoms with Crippen LogP contribution in [0.15, 0.2) is 49.2 Å². The van der Waals surface area contributed by atoms with E-state index in [1.165, 1.54) is 6.33 Å². The van der Waals surface area contributed by atoms with Crippen molar-refractivity contribution < 1.29 is 23.1 Å². The molecule has 4 heterocycles. The van der Waals surface area contributed by atoms with Gasteiger partial charge < -0.3 is 15.0 Å². The molecule has 13 heteroatoms. The highest BCUT2D eigenvalue weighted by molar-refractivity contribution is 5.90. The van der Waals surface area contributed by atoms with Crippen LogP contribution in [-0.4, -0.2) is 61.1 Å². The van der Waals surface area contributed by atoms with E-state index in [0.29, 0.717) is 0 Å². The second kappa shape index (κ2) is 9.99. The Bertz CT molecular complexity index is 1320. The molecule has 0 aliphatic rings. The molecule has 0 fully saturated rings. The van der Waals surface area contributed by atoms with Gasteiger partial charge in [0.05, 0.1) is 30.1 Å². The number of fused-ring (bicyclic) bond motifs is 1. The molecule has 0 saturated carbocycles. The second-order valence-corrected chi connectivity index (χ2v) is 7.17. The van der Waals surface area contributed by atoms with Gasteiger partial charge in [0.15, 0.2) is 0 Å². The van der Waals surface area contributed by atoms with E-state index < -0.39 is 12.1 Å². The number of nitrogens with zero attached hydrogens (tertiary/aromatic N) is 7. The van der Waals surface area contributed by atoms with Crippen molar-refractivity contribution in [2.24, 2.45) is 0 Å². The number of alkyl halides is 3. The Labute approximate surface area is 191 Å². The van der Waals surface area contributed by atoms with E-state index in [4.69, 9.17) is 9.90 Å². The summed E-state index contributed by atoms with van der Waals surface area (Å²) >= 11 is 0. The fourth-order valence-electron chi connectivity index (χ4n) is 3.03. The summed E-state index contributed by atoms with van der Waals surface area (Å²) in [5.41, 5.74) is 3.25. The van der Waals surface area contributed by atoms with Crippen molar-refractivity contribution in [2.75, 3.05) is 19.0 Å². The van der Waals surface area contributed by atoms with E-state index >= 15 is 0 Å². The maximum absolute atomic E-state index is 10.6. The predicted molar refractivity (Wildman–Crippen MR) is 116 cm³/mol. The number of H-pyrrole nitrogens is 1. The smallest absolute Gasteiger partial charge is 0.475 e. The summed E-state index contributed by atoms with van der Waals surface area (Å²) in [7, 11) is 3.88. The summed E-state index contributed by atoms with van der Waals surface area (Å²) in [5, 5.41) is 21.9. The number of nitriles is 1. The molecule has 0 radical (unpaired) electrons. The van der Waals surface area contributed by atoms with Gasteiger partial charge in [0.1, 0.15) is 23.8 Å². The molecule has 0 aliphatic heterocycles. The number of rotatable bonds is 5. The average molecular weight is 472 g/mol. The number of anilines is 1. The van der Waals surface area contributed by atoms with Gasteiger partial charge in [-0.2, -0.15) is 23.5 Å². The Kier molecular flexibility index (Phi) is 7.10. The number of aromatic nitrogens is 6. The Morgan fingerprint density at radius 1 is 1.29 bits per heavy atom. The monoisotopic (exact) mass is 472 g/mol. The molecule has 0 aromatic carbocycles. The molecule has 10 nitrogen and oxygen atoms in total. The number of nitrogens with one attached hydrogen (secondary N) is 1. The van der Waals surface area contributed by atoms with Crippen LogP contribution in [0, 0.1) is 11.3 Å². The molecule has 0 saturated heterocycles. The van der Waals surface area contributed by atoms with Crippen molar-refractivity contribution in [1.29, 1.82) is 5.26 Å². The zero-order valence-electron chi connectivity index (χ0n) is 18.0. The lowest BCUT2D eigenvalue weighted by Gasteiger charge is -2.17. The molecule has 4 rings (SSSR count). The van der Waals surface area contributed by atoms with Gasteiger partial charge >= 0.3 is 12.1 Å². The first-order chi connectivity index (χ1) is 16.1. The van der Waals surface area contributed by atoms with Gasteiger partial charge in [0.2, 0.25) is 0 Å². The largest absolute Gasteiger partial charge is 0.490 e. The van der Waals surface area contributed by atoms with Crippen LogP contribution in [0.2, 0.25) is 0 Å². The van der Waals surface area contributed by atoms with Crippen LogP contribution < -0.4 is 4.90 Å². The van der Waals surface area contributed by atoms with Gasteiger partial charge in [-0.15, -0.1) is 0 Å². The number of aliphatic carboxylic acids is 1. The number of aromatic amines is 1. The number of carboxylic acid groups (broad SMARTS) is 1. The summed E-state index contributed by atoms with van der Waals surface area (Å²) < 4.78 is 33.5. The van der Waals surface area contributed by atoms with E-state index in [1.54, 1.807) is 10.9 Å². The SMILES string of the molecule is CN(C)c1cccc(C(CC#N)n2cc(-c3ncnc4[nH]ccc34)cn2)n1.O=C(O)C(F)(F)F. The molecular weight excluding hydrogens is 453 g/mol. The minimum atomic E-state index is -5.08. The van der Waals surface area contributed by atoms with Crippen molar-refractivity contribution in [2.45, 2.75) is 18.6 Å². The van der Waals surface area contributed by atoms with Crippen molar-refractivity contribution >= 4 is 22.8 Å². The Morgan fingerprint density at radius 3 is 2.68 bits per heavy atom. The molecule has 2 N–H and O–H groups in total. The van der Waals surface area contributed by atoms with Gasteiger partial charge in [-0.1, -0.05) is 6.07 Å². The fourth-order valence-corrected chi connectivity index (χ4v) is 3.03. The van der Waals surface area contributed by atoms with Crippen molar-refractivity contribution in [3.8, 4) is 17.3 Å². The Hall–Kier alpha value is -4.47. The highest BCUT2D eigenvalue weighted by Crippen LogP contribution is 2.27. The van der Waals surface area contributed by atoms with E-state index in [9.17, 15) is 18.4 Å². The molecule has 4 aromatic rings. The number of pyridine rings is 1. The third-order valence-electron chi connectivity index (χ3n) is 4.63. The number of carbonyl (C=O) groups is 1. The number of carboxylic acids is 1. The molecular formula is C21H19F3N8O2. The van der Waals surface area contributed by atoms with E-state index in [2.05, 4.69) is 31.1 Å². The average Bonchev–Trinajstić information content (AvgIpc) is 3.47. The maximum atomic E-state index is 10.6. The molecule has 1 unspecified atom stereocenters. The molecule has 0 bridgehead atoms. The fraction of sp³-hybridized carbons (Fsp3) is 0.238. The van der Waals surface area contributed by atoms with Crippen molar-refractivity contribution in [1.82, 2.24) is 29.7 Å².